The molecule has 0 fully saturated rings. The van der Waals surface area contributed by atoms with E-state index >= 15 is 0 Å². The Balaban J connectivity index is 3.00. The van der Waals surface area contributed by atoms with Gasteiger partial charge in [-0.15, -0.1) is 11.3 Å². The van der Waals surface area contributed by atoms with E-state index in [0.717, 1.165) is 11.8 Å². The molecule has 0 aliphatic heterocycles. The first kappa shape index (κ1) is 10.2. The molecule has 0 spiro atoms. The van der Waals surface area contributed by atoms with Crippen molar-refractivity contribution in [3.8, 4) is 0 Å². The molecule has 1 nitrogen and oxygen atoms in total. The van der Waals surface area contributed by atoms with Gasteiger partial charge >= 0.3 is 0 Å². The van der Waals surface area contributed by atoms with Crippen molar-refractivity contribution in [2.24, 2.45) is 0 Å². The minimum absolute atomic E-state index is 0.550. The summed E-state index contributed by atoms with van der Waals surface area (Å²) in [6.45, 7) is 6.54. The van der Waals surface area contributed by atoms with Gasteiger partial charge in [0.2, 0.25) is 0 Å². The standard InChI is InChI=1S/C9H14BrNS/c1-4-8-11-9(6(2)3)7(5-10)12-8/h6H,4-5H2,1-3H3. The molecule has 0 amide bonds. The van der Waals surface area contributed by atoms with Crippen LogP contribution in [-0.4, -0.2) is 4.98 Å². The highest BCUT2D eigenvalue weighted by Crippen LogP contribution is 2.27. The fraction of sp³-hybridized carbons (Fsp3) is 0.667. The second-order valence-corrected chi connectivity index (χ2v) is 4.79. The number of alkyl halides is 1. The zero-order chi connectivity index (χ0) is 9.14. The Morgan fingerprint density at radius 1 is 1.50 bits per heavy atom. The van der Waals surface area contributed by atoms with Crippen LogP contribution in [0.25, 0.3) is 0 Å². The first-order valence-electron chi connectivity index (χ1n) is 4.23. The number of aryl methyl sites for hydroxylation is 1. The lowest BCUT2D eigenvalue weighted by Crippen LogP contribution is -1.91. The lowest BCUT2D eigenvalue weighted by atomic mass is 10.1. The molecule has 1 heterocycles. The number of rotatable bonds is 3. The molecule has 0 bridgehead atoms. The third-order valence-electron chi connectivity index (χ3n) is 1.74. The first-order valence-corrected chi connectivity index (χ1v) is 6.17. The van der Waals surface area contributed by atoms with Crippen LogP contribution in [0.2, 0.25) is 0 Å². The number of nitrogens with zero attached hydrogens (tertiary/aromatic N) is 1. The van der Waals surface area contributed by atoms with E-state index in [1.165, 1.54) is 15.6 Å². The van der Waals surface area contributed by atoms with Crippen LogP contribution < -0.4 is 0 Å². The Labute approximate surface area is 86.3 Å². The van der Waals surface area contributed by atoms with Gasteiger partial charge in [0.05, 0.1) is 10.7 Å². The molecule has 0 aliphatic carbocycles. The molecule has 0 atom stereocenters. The predicted molar refractivity (Wildman–Crippen MR) is 58.2 cm³/mol. The largest absolute Gasteiger partial charge is 0.246 e. The molecule has 12 heavy (non-hydrogen) atoms. The van der Waals surface area contributed by atoms with Crippen molar-refractivity contribution < 1.29 is 0 Å². The molecule has 0 unspecified atom stereocenters. The van der Waals surface area contributed by atoms with E-state index < -0.39 is 0 Å². The number of hydrogen-bond donors (Lipinski definition) is 0. The zero-order valence-corrected chi connectivity index (χ0v) is 10.1. The highest BCUT2D eigenvalue weighted by molar-refractivity contribution is 9.08. The van der Waals surface area contributed by atoms with Crippen molar-refractivity contribution in [3.05, 3.63) is 15.6 Å². The number of aromatic nitrogens is 1. The molecule has 0 saturated carbocycles. The Morgan fingerprint density at radius 2 is 2.17 bits per heavy atom. The molecule has 0 radical (unpaired) electrons. The Morgan fingerprint density at radius 3 is 2.50 bits per heavy atom. The molecule has 0 N–H and O–H groups in total. The fourth-order valence-electron chi connectivity index (χ4n) is 1.11. The summed E-state index contributed by atoms with van der Waals surface area (Å²) in [5, 5.41) is 2.20. The molecule has 1 aromatic heterocycles. The van der Waals surface area contributed by atoms with Gasteiger partial charge in [0.15, 0.2) is 0 Å². The van der Waals surface area contributed by atoms with Crippen LogP contribution in [0, 0.1) is 0 Å². The summed E-state index contributed by atoms with van der Waals surface area (Å²) in [6, 6.07) is 0. The molecule has 0 aromatic carbocycles. The van der Waals surface area contributed by atoms with E-state index in [1.54, 1.807) is 0 Å². The molecule has 0 saturated heterocycles. The highest BCUT2D eigenvalue weighted by atomic mass is 79.9. The topological polar surface area (TPSA) is 12.9 Å². The maximum atomic E-state index is 4.59. The lowest BCUT2D eigenvalue weighted by Gasteiger charge is -2.00. The van der Waals surface area contributed by atoms with Gasteiger partial charge in [-0.3, -0.25) is 0 Å². The first-order chi connectivity index (χ1) is 5.69. The molecule has 3 heteroatoms. The monoisotopic (exact) mass is 247 g/mol. The average Bonchev–Trinajstić information content (AvgIpc) is 2.47. The van der Waals surface area contributed by atoms with Crippen LogP contribution >= 0.6 is 27.3 Å². The maximum Gasteiger partial charge on any atom is 0.0928 e. The Bertz CT molecular complexity index is 255. The van der Waals surface area contributed by atoms with E-state index in [9.17, 15) is 0 Å². The minimum atomic E-state index is 0.550. The van der Waals surface area contributed by atoms with Gasteiger partial charge in [0.25, 0.3) is 0 Å². The van der Waals surface area contributed by atoms with Crippen molar-refractivity contribution >= 4 is 27.3 Å². The minimum Gasteiger partial charge on any atom is -0.246 e. The molecule has 1 aromatic rings. The molecular weight excluding hydrogens is 234 g/mol. The third-order valence-corrected chi connectivity index (χ3v) is 3.89. The molecule has 1 rings (SSSR count). The van der Waals surface area contributed by atoms with Crippen LogP contribution in [0.3, 0.4) is 0 Å². The van der Waals surface area contributed by atoms with Gasteiger partial charge < -0.3 is 0 Å². The highest BCUT2D eigenvalue weighted by Gasteiger charge is 2.11. The van der Waals surface area contributed by atoms with Crippen LogP contribution in [-0.2, 0) is 11.8 Å². The van der Waals surface area contributed by atoms with Crippen molar-refractivity contribution in [3.63, 3.8) is 0 Å². The van der Waals surface area contributed by atoms with Crippen molar-refractivity contribution in [1.29, 1.82) is 0 Å². The smallest absolute Gasteiger partial charge is 0.0928 e. The molecule has 68 valence electrons. The Hall–Kier alpha value is 0.110. The van der Waals surface area contributed by atoms with Crippen molar-refractivity contribution in [1.82, 2.24) is 4.98 Å². The quantitative estimate of drug-likeness (QED) is 0.743. The van der Waals surface area contributed by atoms with Gasteiger partial charge in [-0.05, 0) is 12.3 Å². The summed E-state index contributed by atoms with van der Waals surface area (Å²) in [6.07, 6.45) is 1.05. The lowest BCUT2D eigenvalue weighted by molar-refractivity contribution is 0.815. The summed E-state index contributed by atoms with van der Waals surface area (Å²) < 4.78 is 0. The fourth-order valence-corrected chi connectivity index (χ4v) is 2.76. The van der Waals surface area contributed by atoms with Gasteiger partial charge in [-0.2, -0.15) is 0 Å². The maximum absolute atomic E-state index is 4.59. The molecular formula is C9H14BrNS. The van der Waals surface area contributed by atoms with Crippen molar-refractivity contribution in [2.45, 2.75) is 38.4 Å². The summed E-state index contributed by atoms with van der Waals surface area (Å²) in [7, 11) is 0. The predicted octanol–water partition coefficient (Wildman–Crippen LogP) is 3.72. The van der Waals surface area contributed by atoms with Gasteiger partial charge in [0, 0.05) is 10.2 Å². The summed E-state index contributed by atoms with van der Waals surface area (Å²) in [4.78, 5) is 5.98. The second-order valence-electron chi connectivity index (χ2n) is 3.06. The van der Waals surface area contributed by atoms with Gasteiger partial charge in [-0.1, -0.05) is 36.7 Å². The van der Waals surface area contributed by atoms with Crippen LogP contribution in [0.4, 0.5) is 0 Å². The van der Waals surface area contributed by atoms with E-state index in [1.807, 2.05) is 11.3 Å². The van der Waals surface area contributed by atoms with Gasteiger partial charge in [0.1, 0.15) is 0 Å². The number of halogens is 1. The third kappa shape index (κ3) is 2.07. The van der Waals surface area contributed by atoms with E-state index in [0.29, 0.717) is 5.92 Å². The van der Waals surface area contributed by atoms with E-state index in [2.05, 4.69) is 41.7 Å². The second kappa shape index (κ2) is 4.38. The van der Waals surface area contributed by atoms with Crippen LogP contribution in [0.15, 0.2) is 0 Å². The Kier molecular flexibility index (Phi) is 3.72. The van der Waals surface area contributed by atoms with E-state index in [4.69, 9.17) is 0 Å². The van der Waals surface area contributed by atoms with Gasteiger partial charge in [-0.25, -0.2) is 4.98 Å². The molecule has 0 aliphatic rings. The summed E-state index contributed by atoms with van der Waals surface area (Å²) in [5.41, 5.74) is 1.27. The summed E-state index contributed by atoms with van der Waals surface area (Å²) >= 11 is 5.32. The number of thiazole rings is 1. The number of hydrogen-bond acceptors (Lipinski definition) is 2. The zero-order valence-electron chi connectivity index (χ0n) is 7.72. The van der Waals surface area contributed by atoms with Crippen LogP contribution in [0.5, 0.6) is 0 Å². The SMILES string of the molecule is CCc1nc(C(C)C)c(CBr)s1. The van der Waals surface area contributed by atoms with Crippen LogP contribution in [0.1, 0.15) is 42.3 Å². The normalized spacial score (nSPS) is 11.1. The average molecular weight is 248 g/mol. The van der Waals surface area contributed by atoms with Crippen molar-refractivity contribution in [2.75, 3.05) is 0 Å². The summed E-state index contributed by atoms with van der Waals surface area (Å²) in [5.74, 6) is 0.550. The van der Waals surface area contributed by atoms with E-state index in [-0.39, 0.29) is 0 Å².